The van der Waals surface area contributed by atoms with Gasteiger partial charge in [0.1, 0.15) is 0 Å². The monoisotopic (exact) mass is 295 g/mol. The zero-order valence-electron chi connectivity index (χ0n) is 16.5. The van der Waals surface area contributed by atoms with Crippen LogP contribution in [0.4, 0.5) is 0 Å². The zero-order chi connectivity index (χ0) is 17.5. The summed E-state index contributed by atoms with van der Waals surface area (Å²) in [6.45, 7) is 25.2. The second kappa shape index (κ2) is 15.6. The predicted molar refractivity (Wildman–Crippen MR) is 102 cm³/mol. The van der Waals surface area contributed by atoms with Crippen molar-refractivity contribution in [3.05, 3.63) is 36.0 Å². The van der Waals surface area contributed by atoms with E-state index in [9.17, 15) is 0 Å². The van der Waals surface area contributed by atoms with Crippen LogP contribution in [-0.2, 0) is 0 Å². The Kier molecular flexibility index (Phi) is 18.6. The summed E-state index contributed by atoms with van der Waals surface area (Å²) >= 11 is 0. The molecule has 0 aromatic carbocycles. The highest BCUT2D eigenvalue weighted by atomic mass is 15.1. The molecule has 0 aliphatic heterocycles. The minimum absolute atomic E-state index is 0.108. The van der Waals surface area contributed by atoms with E-state index >= 15 is 0 Å². The van der Waals surface area contributed by atoms with Gasteiger partial charge in [0.15, 0.2) is 0 Å². The number of hydrogen-bond acceptors (Lipinski definition) is 1. The first-order valence-electron chi connectivity index (χ1n) is 8.35. The first-order chi connectivity index (χ1) is 9.70. The number of nitrogens with zero attached hydrogens (tertiary/aromatic N) is 1. The number of rotatable bonds is 6. The van der Waals surface area contributed by atoms with Crippen molar-refractivity contribution in [1.82, 2.24) is 4.90 Å². The molecule has 126 valence electrons. The molecule has 0 amide bonds. The Morgan fingerprint density at radius 2 is 1.57 bits per heavy atom. The van der Waals surface area contributed by atoms with Crippen LogP contribution in [0.25, 0.3) is 0 Å². The molecule has 0 heterocycles. The standard InChI is InChI=1S/C12H20.C6H15N.C2H6/c1-7-12(5,6)9-8-11(4)10(2)3;1-4-6-7(3)5-2;1-2/h7-9H,1H2,2-6H3;4-6H2,1-3H3;1-2H3/b9-8-;;. The highest BCUT2D eigenvalue weighted by molar-refractivity contribution is 5.23. The fraction of sp³-hybridized carbons (Fsp3) is 0.700. The largest absolute Gasteiger partial charge is 0.307 e. The molecule has 1 heteroatoms. The van der Waals surface area contributed by atoms with Gasteiger partial charge in [-0.2, -0.15) is 0 Å². The smallest absolute Gasteiger partial charge is 0.000494 e. The predicted octanol–water partition coefficient (Wildman–Crippen LogP) is 6.49. The summed E-state index contributed by atoms with van der Waals surface area (Å²) in [6.07, 6.45) is 7.57. The van der Waals surface area contributed by atoms with Gasteiger partial charge in [-0.3, -0.25) is 0 Å². The topological polar surface area (TPSA) is 3.24 Å². The summed E-state index contributed by atoms with van der Waals surface area (Å²) in [5.41, 5.74) is 2.81. The Bertz CT molecular complexity index is 291. The summed E-state index contributed by atoms with van der Waals surface area (Å²) < 4.78 is 0. The summed E-state index contributed by atoms with van der Waals surface area (Å²) in [5.74, 6) is 0. The molecule has 0 unspecified atom stereocenters. The lowest BCUT2D eigenvalue weighted by Gasteiger charge is -2.13. The molecule has 0 bridgehead atoms. The summed E-state index contributed by atoms with van der Waals surface area (Å²) in [5, 5.41) is 0. The molecular formula is C20H41N. The normalized spacial score (nSPS) is 10.4. The van der Waals surface area contributed by atoms with Gasteiger partial charge >= 0.3 is 0 Å². The Morgan fingerprint density at radius 1 is 1.10 bits per heavy atom. The van der Waals surface area contributed by atoms with E-state index < -0.39 is 0 Å². The van der Waals surface area contributed by atoms with Crippen LogP contribution in [0.5, 0.6) is 0 Å². The van der Waals surface area contributed by atoms with Gasteiger partial charge in [-0.25, -0.2) is 0 Å². The lowest BCUT2D eigenvalue weighted by atomic mass is 9.92. The summed E-state index contributed by atoms with van der Waals surface area (Å²) in [4.78, 5) is 2.31. The number of hydrogen-bond donors (Lipinski definition) is 0. The van der Waals surface area contributed by atoms with E-state index in [0.29, 0.717) is 0 Å². The third-order valence-corrected chi connectivity index (χ3v) is 3.22. The van der Waals surface area contributed by atoms with Crippen LogP contribution in [0.2, 0.25) is 0 Å². The highest BCUT2D eigenvalue weighted by Crippen LogP contribution is 2.19. The molecule has 0 saturated heterocycles. The minimum atomic E-state index is 0.108. The van der Waals surface area contributed by atoms with Crippen LogP contribution >= 0.6 is 0 Å². The molecule has 0 atom stereocenters. The number of allylic oxidation sites excluding steroid dienone is 5. The fourth-order valence-electron chi connectivity index (χ4n) is 1.11. The molecule has 0 aliphatic rings. The lowest BCUT2D eigenvalue weighted by molar-refractivity contribution is 0.353. The molecule has 0 saturated carbocycles. The first-order valence-corrected chi connectivity index (χ1v) is 8.35. The molecule has 0 fully saturated rings. The zero-order valence-corrected chi connectivity index (χ0v) is 16.5. The van der Waals surface area contributed by atoms with Crippen LogP contribution in [0, 0.1) is 5.41 Å². The third kappa shape index (κ3) is 19.2. The van der Waals surface area contributed by atoms with Crippen LogP contribution in [0.15, 0.2) is 36.0 Å². The van der Waals surface area contributed by atoms with Crippen LogP contribution in [0.1, 0.15) is 68.7 Å². The Morgan fingerprint density at radius 3 is 1.81 bits per heavy atom. The van der Waals surface area contributed by atoms with Crippen LogP contribution < -0.4 is 0 Å². The highest BCUT2D eigenvalue weighted by Gasteiger charge is 2.06. The second-order valence-corrected chi connectivity index (χ2v) is 5.94. The van der Waals surface area contributed by atoms with E-state index in [-0.39, 0.29) is 5.41 Å². The summed E-state index contributed by atoms with van der Waals surface area (Å²) in [6, 6.07) is 0. The van der Waals surface area contributed by atoms with Crippen molar-refractivity contribution < 1.29 is 0 Å². The molecule has 0 radical (unpaired) electrons. The Balaban J connectivity index is -0.000000307. The minimum Gasteiger partial charge on any atom is -0.307 e. The maximum absolute atomic E-state index is 3.79. The van der Waals surface area contributed by atoms with Gasteiger partial charge in [-0.05, 0) is 47.3 Å². The van der Waals surface area contributed by atoms with Gasteiger partial charge in [-0.1, -0.05) is 70.9 Å². The van der Waals surface area contributed by atoms with Crippen molar-refractivity contribution in [3.8, 4) is 0 Å². The molecule has 0 spiro atoms. The van der Waals surface area contributed by atoms with Gasteiger partial charge < -0.3 is 4.90 Å². The second-order valence-electron chi connectivity index (χ2n) is 5.94. The summed E-state index contributed by atoms with van der Waals surface area (Å²) in [7, 11) is 2.14. The molecule has 0 N–H and O–H groups in total. The van der Waals surface area contributed by atoms with E-state index in [0.717, 1.165) is 0 Å². The average molecular weight is 296 g/mol. The fourth-order valence-corrected chi connectivity index (χ4v) is 1.11. The molecule has 0 aromatic heterocycles. The third-order valence-electron chi connectivity index (χ3n) is 3.22. The van der Waals surface area contributed by atoms with E-state index in [1.165, 1.54) is 30.7 Å². The van der Waals surface area contributed by atoms with Crippen molar-refractivity contribution in [2.45, 2.75) is 68.7 Å². The molecule has 21 heavy (non-hydrogen) atoms. The van der Waals surface area contributed by atoms with Gasteiger partial charge in [0.05, 0.1) is 0 Å². The van der Waals surface area contributed by atoms with E-state index in [1.54, 1.807) is 0 Å². The van der Waals surface area contributed by atoms with E-state index in [4.69, 9.17) is 0 Å². The maximum Gasteiger partial charge on any atom is 0.000494 e. The van der Waals surface area contributed by atoms with Gasteiger partial charge in [-0.15, -0.1) is 6.58 Å². The first kappa shape index (κ1) is 25.2. The van der Waals surface area contributed by atoms with Gasteiger partial charge in [0, 0.05) is 5.41 Å². The van der Waals surface area contributed by atoms with Gasteiger partial charge in [0.25, 0.3) is 0 Å². The van der Waals surface area contributed by atoms with Crippen molar-refractivity contribution in [2.24, 2.45) is 5.41 Å². The molecule has 0 aromatic rings. The van der Waals surface area contributed by atoms with Crippen molar-refractivity contribution in [3.63, 3.8) is 0 Å². The quantitative estimate of drug-likeness (QED) is 0.400. The van der Waals surface area contributed by atoms with Crippen LogP contribution in [0.3, 0.4) is 0 Å². The van der Waals surface area contributed by atoms with E-state index in [2.05, 4.69) is 79.1 Å². The molecule has 1 nitrogen and oxygen atoms in total. The van der Waals surface area contributed by atoms with Crippen molar-refractivity contribution in [1.29, 1.82) is 0 Å². The lowest BCUT2D eigenvalue weighted by Crippen LogP contribution is -2.17. The SMILES string of the molecule is C=CC(C)(C)/C=C\C(C)=C(C)C.CC.CCCN(C)CC. The Hall–Kier alpha value is -0.820. The average Bonchev–Trinajstić information content (AvgIpc) is 2.47. The van der Waals surface area contributed by atoms with Crippen molar-refractivity contribution in [2.75, 3.05) is 20.1 Å². The van der Waals surface area contributed by atoms with Crippen molar-refractivity contribution >= 4 is 0 Å². The van der Waals surface area contributed by atoms with Crippen LogP contribution in [-0.4, -0.2) is 25.0 Å². The molecular weight excluding hydrogens is 254 g/mol. The Labute approximate surface area is 135 Å². The molecule has 0 rings (SSSR count). The molecule has 0 aliphatic carbocycles. The van der Waals surface area contributed by atoms with E-state index in [1.807, 2.05) is 19.9 Å². The van der Waals surface area contributed by atoms with Gasteiger partial charge in [0.2, 0.25) is 0 Å². The maximum atomic E-state index is 3.79.